The number of carbonyl (C=O) groups is 1. The van der Waals surface area contributed by atoms with E-state index in [1.807, 2.05) is 46.2 Å². The van der Waals surface area contributed by atoms with Crippen molar-refractivity contribution >= 4 is 27.7 Å². The molecule has 1 N–H and O–H groups in total. The zero-order valence-electron chi connectivity index (χ0n) is 30.7. The van der Waals surface area contributed by atoms with Gasteiger partial charge in [-0.15, -0.1) is 29.1 Å². The number of aromatic nitrogens is 2. The molecule has 0 bridgehead atoms. The summed E-state index contributed by atoms with van der Waals surface area (Å²) in [5, 5.41) is 13.2. The molecule has 0 saturated heterocycles. The molecule has 0 fully saturated rings. The number of rotatable bonds is 11. The Labute approximate surface area is 307 Å². The first-order valence-electron chi connectivity index (χ1n) is 17.6. The normalized spacial score (nSPS) is 12.0. The predicted octanol–water partition coefficient (Wildman–Crippen LogP) is 11.9. The molecular formula is C43H53IrN2O3-. The average molecular weight is 838 g/mol. The third-order valence-corrected chi connectivity index (χ3v) is 9.14. The van der Waals surface area contributed by atoms with Gasteiger partial charge in [0.25, 0.3) is 0 Å². The second-order valence-corrected chi connectivity index (χ2v) is 14.2. The number of aliphatic hydroxyl groups excluding tert-OH is 1. The fraction of sp³-hybridized carbons (Fsp3) is 0.419. The van der Waals surface area contributed by atoms with Crippen LogP contribution in [-0.4, -0.2) is 20.9 Å². The molecule has 3 heterocycles. The maximum atomic E-state index is 11.7. The van der Waals surface area contributed by atoms with Gasteiger partial charge in [0.15, 0.2) is 5.78 Å². The quantitative estimate of drug-likeness (QED) is 0.0815. The molecule has 5 rings (SSSR count). The third kappa shape index (κ3) is 9.99. The monoisotopic (exact) mass is 838 g/mol. The largest absolute Gasteiger partial charge is 0.512 e. The Bertz CT molecular complexity index is 1860. The average Bonchev–Trinajstić information content (AvgIpc) is 3.46. The molecule has 0 aliphatic carbocycles. The van der Waals surface area contributed by atoms with Crippen molar-refractivity contribution in [2.45, 2.75) is 99.8 Å². The SMILES string of the molecule is CC(C)Cc1coc2nc(-c3ccnc(-c4[c-]c5ccccc5c(C(C)(C)C)c4)c3)ccc12.CCC(CC)C(=O)/C=C(\O)C(CC)CC.[Ir]. The van der Waals surface area contributed by atoms with Gasteiger partial charge < -0.3 is 9.52 Å². The molecule has 0 saturated carbocycles. The van der Waals surface area contributed by atoms with Crippen molar-refractivity contribution in [3.05, 3.63) is 96.1 Å². The zero-order chi connectivity index (χ0) is 35.0. The van der Waals surface area contributed by atoms with E-state index in [0.29, 0.717) is 11.6 Å². The van der Waals surface area contributed by atoms with Crippen LogP contribution in [0, 0.1) is 23.8 Å². The maximum absolute atomic E-state index is 11.7. The van der Waals surface area contributed by atoms with E-state index in [2.05, 4.69) is 94.2 Å². The molecule has 49 heavy (non-hydrogen) atoms. The minimum atomic E-state index is 0. The summed E-state index contributed by atoms with van der Waals surface area (Å²) in [6, 6.07) is 22.6. The molecule has 1 radical (unpaired) electrons. The first-order valence-corrected chi connectivity index (χ1v) is 17.6. The summed E-state index contributed by atoms with van der Waals surface area (Å²) in [5.41, 5.74) is 7.01. The Morgan fingerprint density at radius 2 is 1.57 bits per heavy atom. The Balaban J connectivity index is 0.000000347. The Kier molecular flexibility index (Phi) is 14.5. The fourth-order valence-electron chi connectivity index (χ4n) is 6.23. The second kappa shape index (κ2) is 17.9. The van der Waals surface area contributed by atoms with Crippen LogP contribution < -0.4 is 0 Å². The zero-order valence-corrected chi connectivity index (χ0v) is 33.1. The van der Waals surface area contributed by atoms with Crippen molar-refractivity contribution in [1.82, 2.24) is 9.97 Å². The van der Waals surface area contributed by atoms with Gasteiger partial charge in [-0.05, 0) is 67.2 Å². The minimum absolute atomic E-state index is 0. The molecule has 0 spiro atoms. The summed E-state index contributed by atoms with van der Waals surface area (Å²) in [5.74, 6) is 1.12. The van der Waals surface area contributed by atoms with Crippen molar-refractivity contribution in [2.24, 2.45) is 17.8 Å². The molecule has 0 amide bonds. The van der Waals surface area contributed by atoms with Crippen LogP contribution in [0.15, 0.2) is 83.3 Å². The number of fused-ring (bicyclic) bond motifs is 2. The Morgan fingerprint density at radius 3 is 2.20 bits per heavy atom. The summed E-state index contributed by atoms with van der Waals surface area (Å²) in [4.78, 5) is 21.2. The molecule has 0 atom stereocenters. The van der Waals surface area contributed by atoms with Gasteiger partial charge in [-0.3, -0.25) is 9.78 Å². The van der Waals surface area contributed by atoms with Gasteiger partial charge in [0.1, 0.15) is 0 Å². The molecule has 3 aromatic heterocycles. The van der Waals surface area contributed by atoms with Gasteiger partial charge >= 0.3 is 0 Å². The van der Waals surface area contributed by atoms with E-state index < -0.39 is 0 Å². The number of carbonyl (C=O) groups excluding carboxylic acids is 1. The van der Waals surface area contributed by atoms with Crippen LogP contribution in [0.25, 0.3) is 44.4 Å². The summed E-state index contributed by atoms with van der Waals surface area (Å²) in [6.45, 7) is 19.2. The number of furan rings is 1. The molecule has 0 aliphatic rings. The maximum Gasteiger partial charge on any atom is 0.226 e. The number of allylic oxidation sites excluding steroid dienone is 2. The minimum Gasteiger partial charge on any atom is -0.512 e. The Hall–Kier alpha value is -3.60. The summed E-state index contributed by atoms with van der Waals surface area (Å²) < 4.78 is 5.80. The molecule has 6 heteroatoms. The van der Waals surface area contributed by atoms with Crippen LogP contribution in [-0.2, 0) is 36.7 Å². The predicted molar refractivity (Wildman–Crippen MR) is 200 cm³/mol. The molecule has 0 unspecified atom stereocenters. The van der Waals surface area contributed by atoms with Gasteiger partial charge in [-0.25, -0.2) is 4.98 Å². The number of nitrogens with zero attached hydrogens (tertiary/aromatic N) is 2. The van der Waals surface area contributed by atoms with Gasteiger partial charge in [0.2, 0.25) is 5.71 Å². The first kappa shape index (κ1) is 39.8. The van der Waals surface area contributed by atoms with E-state index in [1.54, 1.807) is 0 Å². The van der Waals surface area contributed by atoms with Crippen LogP contribution in [0.2, 0.25) is 0 Å². The molecule has 0 aliphatic heterocycles. The smallest absolute Gasteiger partial charge is 0.226 e. The standard InChI is InChI=1S/C30H29N2O.C13H24O2.Ir/c1-19(2)14-23-18-33-29-25(23)10-11-27(32-29)21-12-13-31-28(17-21)22-15-20-8-6-7-9-24(20)26(16-22)30(3,4)5;1-5-10(6-2)12(14)9-13(15)11(7-3)8-4;/h6-13,16-19H,14H2,1-5H3;9-11,14H,5-8H2,1-4H3;/q-1;;/b;12-9-;. The number of aliphatic hydroxyl groups is 1. The van der Waals surface area contributed by atoms with Crippen molar-refractivity contribution in [3.63, 3.8) is 0 Å². The van der Waals surface area contributed by atoms with E-state index in [1.165, 1.54) is 22.6 Å². The van der Waals surface area contributed by atoms with Gasteiger partial charge in [0, 0.05) is 60.9 Å². The first-order chi connectivity index (χ1) is 22.9. The van der Waals surface area contributed by atoms with E-state index in [0.717, 1.165) is 65.4 Å². The van der Waals surface area contributed by atoms with Crippen LogP contribution in [0.1, 0.15) is 99.1 Å². The van der Waals surface area contributed by atoms with Crippen LogP contribution >= 0.6 is 0 Å². The number of pyridine rings is 2. The molecule has 5 aromatic rings. The number of benzene rings is 2. The van der Waals surface area contributed by atoms with Crippen molar-refractivity contribution in [1.29, 1.82) is 0 Å². The Morgan fingerprint density at radius 1 is 0.898 bits per heavy atom. The van der Waals surface area contributed by atoms with E-state index in [-0.39, 0.29) is 48.9 Å². The topological polar surface area (TPSA) is 76.2 Å². The van der Waals surface area contributed by atoms with Crippen molar-refractivity contribution in [3.8, 4) is 22.5 Å². The number of hydrogen-bond acceptors (Lipinski definition) is 5. The summed E-state index contributed by atoms with van der Waals surface area (Å²) >= 11 is 0. The van der Waals surface area contributed by atoms with Gasteiger partial charge in [0.05, 0.1) is 17.7 Å². The summed E-state index contributed by atoms with van der Waals surface area (Å²) in [6.07, 6.45) is 9.59. The van der Waals surface area contributed by atoms with Crippen molar-refractivity contribution in [2.75, 3.05) is 0 Å². The van der Waals surface area contributed by atoms with Crippen LogP contribution in [0.3, 0.4) is 0 Å². The fourth-order valence-corrected chi connectivity index (χ4v) is 6.23. The van der Waals surface area contributed by atoms with E-state index in [4.69, 9.17) is 9.40 Å². The van der Waals surface area contributed by atoms with E-state index >= 15 is 0 Å². The van der Waals surface area contributed by atoms with Gasteiger partial charge in [-0.1, -0.05) is 97.5 Å². The number of hydrogen-bond donors (Lipinski definition) is 1. The molecule has 2 aromatic carbocycles. The van der Waals surface area contributed by atoms with Crippen LogP contribution in [0.4, 0.5) is 0 Å². The van der Waals surface area contributed by atoms with E-state index in [9.17, 15) is 9.90 Å². The number of ketones is 1. The third-order valence-electron chi connectivity index (χ3n) is 9.14. The molecule has 5 nitrogen and oxygen atoms in total. The summed E-state index contributed by atoms with van der Waals surface area (Å²) in [7, 11) is 0. The molecular weight excluding hydrogens is 785 g/mol. The van der Waals surface area contributed by atoms with Crippen LogP contribution in [0.5, 0.6) is 0 Å². The second-order valence-electron chi connectivity index (χ2n) is 14.2. The van der Waals surface area contributed by atoms with Gasteiger partial charge in [-0.2, -0.15) is 0 Å². The van der Waals surface area contributed by atoms with Crippen molar-refractivity contribution < 1.29 is 34.4 Å². The molecule has 263 valence electrons.